The number of hydrogen-bond acceptors (Lipinski definition) is 3. The molecule has 20 heavy (non-hydrogen) atoms. The maximum atomic E-state index is 5.92. The average Bonchev–Trinajstić information content (AvgIpc) is 2.88. The van der Waals surface area contributed by atoms with Crippen molar-refractivity contribution in [2.24, 2.45) is 23.5 Å². The second-order valence-corrected chi connectivity index (χ2v) is 9.18. The van der Waals surface area contributed by atoms with E-state index in [1.165, 1.54) is 49.2 Å². The van der Waals surface area contributed by atoms with Crippen LogP contribution in [0.15, 0.2) is 5.38 Å². The summed E-state index contributed by atoms with van der Waals surface area (Å²) in [7, 11) is 0. The minimum atomic E-state index is 0.0329. The molecule has 2 nitrogen and oxygen atoms in total. The summed E-state index contributed by atoms with van der Waals surface area (Å²) in [6.07, 6.45) is 8.74. The second-order valence-electron chi connectivity index (χ2n) is 8.32. The molecule has 4 aliphatic carbocycles. The van der Waals surface area contributed by atoms with Crippen molar-refractivity contribution in [3.05, 3.63) is 16.1 Å². The van der Waals surface area contributed by atoms with E-state index in [1.54, 1.807) is 0 Å². The zero-order chi connectivity index (χ0) is 14.0. The van der Waals surface area contributed by atoms with Crippen LogP contribution in [0.25, 0.3) is 0 Å². The van der Waals surface area contributed by atoms with E-state index in [1.807, 2.05) is 11.3 Å². The van der Waals surface area contributed by atoms with Gasteiger partial charge in [-0.3, -0.25) is 0 Å². The molecule has 1 aromatic heterocycles. The van der Waals surface area contributed by atoms with E-state index >= 15 is 0 Å². The molecule has 0 amide bonds. The van der Waals surface area contributed by atoms with E-state index in [-0.39, 0.29) is 5.41 Å². The van der Waals surface area contributed by atoms with E-state index in [2.05, 4.69) is 19.2 Å². The van der Waals surface area contributed by atoms with Crippen molar-refractivity contribution in [2.45, 2.75) is 63.2 Å². The summed E-state index contributed by atoms with van der Waals surface area (Å²) in [5, 5.41) is 3.60. The molecule has 0 saturated heterocycles. The zero-order valence-corrected chi connectivity index (χ0v) is 13.5. The quantitative estimate of drug-likeness (QED) is 0.918. The lowest BCUT2D eigenvalue weighted by Gasteiger charge is -2.56. The Bertz CT molecular complexity index is 482. The number of hydrogen-bond donors (Lipinski definition) is 1. The fourth-order valence-electron chi connectivity index (χ4n) is 5.34. The third-order valence-electron chi connectivity index (χ3n) is 6.18. The van der Waals surface area contributed by atoms with Crippen LogP contribution in [0.1, 0.15) is 63.1 Å². The molecule has 0 aliphatic heterocycles. The first-order valence-corrected chi connectivity index (χ1v) is 9.05. The van der Waals surface area contributed by atoms with Gasteiger partial charge in [-0.05, 0) is 56.3 Å². The SMILES string of the molecule is CC(C)(CN)c1nc(C23CC4CC(CC(C4)C2)C3)cs1. The van der Waals surface area contributed by atoms with Gasteiger partial charge in [-0.15, -0.1) is 11.3 Å². The van der Waals surface area contributed by atoms with Gasteiger partial charge in [-0.2, -0.15) is 0 Å². The largest absolute Gasteiger partial charge is 0.330 e. The highest BCUT2D eigenvalue weighted by Crippen LogP contribution is 2.60. The number of rotatable bonds is 3. The fraction of sp³-hybridized carbons (Fsp3) is 0.824. The van der Waals surface area contributed by atoms with Crippen LogP contribution in [0.2, 0.25) is 0 Å². The lowest BCUT2D eigenvalue weighted by Crippen LogP contribution is -2.48. The van der Waals surface area contributed by atoms with Crippen molar-refractivity contribution in [1.29, 1.82) is 0 Å². The van der Waals surface area contributed by atoms with Crippen molar-refractivity contribution in [3.63, 3.8) is 0 Å². The number of thiazole rings is 1. The van der Waals surface area contributed by atoms with E-state index in [4.69, 9.17) is 10.7 Å². The molecule has 4 fully saturated rings. The van der Waals surface area contributed by atoms with Crippen LogP contribution in [0.5, 0.6) is 0 Å². The Morgan fingerprint density at radius 1 is 1.20 bits per heavy atom. The lowest BCUT2D eigenvalue weighted by molar-refractivity contribution is -0.00703. The zero-order valence-electron chi connectivity index (χ0n) is 12.7. The van der Waals surface area contributed by atoms with Crippen molar-refractivity contribution in [2.75, 3.05) is 6.54 Å². The molecule has 0 spiro atoms. The first-order chi connectivity index (χ1) is 9.51. The molecular weight excluding hydrogens is 264 g/mol. The Kier molecular flexibility index (Phi) is 2.85. The molecule has 1 aromatic rings. The second kappa shape index (κ2) is 4.30. The fourth-order valence-corrected chi connectivity index (χ4v) is 6.42. The standard InChI is InChI=1S/C17H26N2S/c1-16(2,10-18)15-19-14(9-20-15)17-6-11-3-12(7-17)5-13(4-11)8-17/h9,11-13H,3-8,10,18H2,1-2H3. The van der Waals surface area contributed by atoms with Crippen LogP contribution in [0, 0.1) is 17.8 Å². The summed E-state index contributed by atoms with van der Waals surface area (Å²) in [6.45, 7) is 5.12. The molecular formula is C17H26N2S. The Labute approximate surface area is 126 Å². The summed E-state index contributed by atoms with van der Waals surface area (Å²) >= 11 is 1.84. The summed E-state index contributed by atoms with van der Waals surface area (Å²) in [5.74, 6) is 2.98. The smallest absolute Gasteiger partial charge is 0.0997 e. The van der Waals surface area contributed by atoms with Crippen LogP contribution < -0.4 is 5.73 Å². The molecule has 4 aliphatic rings. The van der Waals surface area contributed by atoms with E-state index < -0.39 is 0 Å². The Morgan fingerprint density at radius 2 is 1.75 bits per heavy atom. The molecule has 3 heteroatoms. The number of nitrogens with zero attached hydrogens (tertiary/aromatic N) is 1. The van der Waals surface area contributed by atoms with Gasteiger partial charge in [0.05, 0.1) is 10.7 Å². The van der Waals surface area contributed by atoms with Crippen molar-refractivity contribution < 1.29 is 0 Å². The molecule has 0 atom stereocenters. The molecule has 0 aromatic carbocycles. The predicted molar refractivity (Wildman–Crippen MR) is 84.0 cm³/mol. The normalized spacial score (nSPS) is 39.5. The molecule has 0 radical (unpaired) electrons. The van der Waals surface area contributed by atoms with E-state index in [0.29, 0.717) is 12.0 Å². The van der Waals surface area contributed by atoms with E-state index in [9.17, 15) is 0 Å². The van der Waals surface area contributed by atoms with Crippen LogP contribution in [0.3, 0.4) is 0 Å². The monoisotopic (exact) mass is 290 g/mol. The van der Waals surface area contributed by atoms with Gasteiger partial charge >= 0.3 is 0 Å². The Morgan fingerprint density at radius 3 is 2.25 bits per heavy atom. The summed E-state index contributed by atoms with van der Waals surface area (Å²) < 4.78 is 0. The van der Waals surface area contributed by atoms with Gasteiger partial charge < -0.3 is 5.73 Å². The Balaban J connectivity index is 1.68. The van der Waals surface area contributed by atoms with E-state index in [0.717, 1.165) is 17.8 Å². The van der Waals surface area contributed by atoms with Crippen molar-refractivity contribution in [3.8, 4) is 0 Å². The highest BCUT2D eigenvalue weighted by Gasteiger charge is 2.52. The molecule has 5 rings (SSSR count). The maximum Gasteiger partial charge on any atom is 0.0997 e. The lowest BCUT2D eigenvalue weighted by atomic mass is 9.49. The van der Waals surface area contributed by atoms with Gasteiger partial charge in [0, 0.05) is 22.8 Å². The van der Waals surface area contributed by atoms with Gasteiger partial charge in [-0.25, -0.2) is 4.98 Å². The summed E-state index contributed by atoms with van der Waals surface area (Å²) in [4.78, 5) is 5.08. The minimum absolute atomic E-state index is 0.0329. The number of aromatic nitrogens is 1. The minimum Gasteiger partial charge on any atom is -0.330 e. The summed E-state index contributed by atoms with van der Waals surface area (Å²) in [5.41, 5.74) is 7.81. The average molecular weight is 290 g/mol. The molecule has 110 valence electrons. The molecule has 4 bridgehead atoms. The first kappa shape index (κ1) is 13.3. The third-order valence-corrected chi connectivity index (χ3v) is 7.38. The van der Waals surface area contributed by atoms with Gasteiger partial charge in [0.1, 0.15) is 0 Å². The van der Waals surface area contributed by atoms with Crippen molar-refractivity contribution in [1.82, 2.24) is 4.98 Å². The predicted octanol–water partition coefficient (Wildman–Crippen LogP) is 3.85. The van der Waals surface area contributed by atoms with Crippen LogP contribution in [0.4, 0.5) is 0 Å². The Hall–Kier alpha value is -0.410. The highest BCUT2D eigenvalue weighted by atomic mass is 32.1. The highest BCUT2D eigenvalue weighted by molar-refractivity contribution is 7.09. The molecule has 4 saturated carbocycles. The van der Waals surface area contributed by atoms with Crippen LogP contribution in [-0.4, -0.2) is 11.5 Å². The van der Waals surface area contributed by atoms with Gasteiger partial charge in [0.25, 0.3) is 0 Å². The van der Waals surface area contributed by atoms with Crippen LogP contribution in [-0.2, 0) is 10.8 Å². The van der Waals surface area contributed by atoms with Gasteiger partial charge in [0.2, 0.25) is 0 Å². The molecule has 0 unspecified atom stereocenters. The van der Waals surface area contributed by atoms with Gasteiger partial charge in [0.15, 0.2) is 0 Å². The summed E-state index contributed by atoms with van der Waals surface area (Å²) in [6, 6.07) is 0. The molecule has 2 N–H and O–H groups in total. The molecule has 1 heterocycles. The third kappa shape index (κ3) is 1.89. The van der Waals surface area contributed by atoms with Crippen LogP contribution >= 0.6 is 11.3 Å². The van der Waals surface area contributed by atoms with Crippen molar-refractivity contribution >= 4 is 11.3 Å². The van der Waals surface area contributed by atoms with Gasteiger partial charge in [-0.1, -0.05) is 13.8 Å². The first-order valence-electron chi connectivity index (χ1n) is 8.17. The maximum absolute atomic E-state index is 5.92. The number of nitrogens with two attached hydrogens (primary N) is 1. The topological polar surface area (TPSA) is 38.9 Å².